The van der Waals surface area contributed by atoms with E-state index in [1.165, 1.54) is 12.1 Å². The fourth-order valence-electron chi connectivity index (χ4n) is 3.13. The second-order valence-electron chi connectivity index (χ2n) is 7.72. The van der Waals surface area contributed by atoms with E-state index in [0.717, 1.165) is 11.8 Å². The lowest BCUT2D eigenvalue weighted by atomic mass is 10.0. The molecule has 2 heterocycles. The molecule has 11 heteroatoms. The zero-order chi connectivity index (χ0) is 24.5. The molecule has 1 amide bonds. The number of carbonyl (C=O) groups excluding carboxylic acids is 1. The monoisotopic (exact) mass is 522 g/mol. The summed E-state index contributed by atoms with van der Waals surface area (Å²) < 4.78 is 41.8. The average Bonchev–Trinajstić information content (AvgIpc) is 2.73. The summed E-state index contributed by atoms with van der Waals surface area (Å²) in [6, 6.07) is 11.5. The van der Waals surface area contributed by atoms with Crippen LogP contribution in [0.25, 0.3) is 11.1 Å². The fraction of sp³-hybridized carbons (Fsp3) is 0.217. The zero-order valence-corrected chi connectivity index (χ0v) is 20.5. The molecule has 1 aliphatic rings. The highest BCUT2D eigenvalue weighted by molar-refractivity contribution is 7.89. The van der Waals surface area contributed by atoms with Gasteiger partial charge in [0.15, 0.2) is 0 Å². The second kappa shape index (κ2) is 9.79. The van der Waals surface area contributed by atoms with Crippen LogP contribution in [0.1, 0.15) is 15.9 Å². The lowest BCUT2D eigenvalue weighted by molar-refractivity contribution is -0.0794. The summed E-state index contributed by atoms with van der Waals surface area (Å²) in [6.45, 7) is 2.68. The van der Waals surface area contributed by atoms with Gasteiger partial charge in [0.1, 0.15) is 22.6 Å². The number of carbonyl (C=O) groups is 1. The summed E-state index contributed by atoms with van der Waals surface area (Å²) in [5, 5.41) is 0.890. The van der Waals surface area contributed by atoms with Gasteiger partial charge in [-0.1, -0.05) is 23.2 Å². The molecule has 0 aliphatic carbocycles. The molecule has 8 nitrogen and oxygen atoms in total. The van der Waals surface area contributed by atoms with Crippen LogP contribution in [0.3, 0.4) is 0 Å². The Morgan fingerprint density at radius 1 is 1.12 bits per heavy atom. The number of hydrogen-bond acceptors (Lipinski definition) is 7. The predicted octanol–water partition coefficient (Wildman–Crippen LogP) is 4.62. The van der Waals surface area contributed by atoms with Crippen molar-refractivity contribution in [2.45, 2.75) is 13.0 Å². The van der Waals surface area contributed by atoms with Gasteiger partial charge in [0, 0.05) is 27.9 Å². The van der Waals surface area contributed by atoms with Crippen molar-refractivity contribution in [2.24, 2.45) is 0 Å². The van der Waals surface area contributed by atoms with Gasteiger partial charge in [0.2, 0.25) is 15.9 Å². The van der Waals surface area contributed by atoms with E-state index in [2.05, 4.69) is 4.98 Å². The van der Waals surface area contributed by atoms with Crippen molar-refractivity contribution >= 4 is 39.1 Å². The first kappa shape index (κ1) is 24.3. The van der Waals surface area contributed by atoms with Crippen molar-refractivity contribution < 1.29 is 27.4 Å². The Kier molecular flexibility index (Phi) is 6.99. The van der Waals surface area contributed by atoms with Crippen molar-refractivity contribution in [3.8, 4) is 28.5 Å². The molecular weight excluding hydrogens is 503 g/mol. The molecule has 0 atom stereocenters. The van der Waals surface area contributed by atoms with Crippen molar-refractivity contribution in [1.29, 1.82) is 0 Å². The van der Waals surface area contributed by atoms with Gasteiger partial charge in [-0.05, 0) is 55.0 Å². The van der Waals surface area contributed by atoms with Crippen LogP contribution in [0.5, 0.6) is 17.4 Å². The summed E-state index contributed by atoms with van der Waals surface area (Å²) in [4.78, 5) is 16.7. The molecule has 178 valence electrons. The summed E-state index contributed by atoms with van der Waals surface area (Å²) in [6.07, 6.45) is 2.29. The van der Waals surface area contributed by atoms with Crippen LogP contribution in [0.2, 0.25) is 10.0 Å². The number of amides is 1. The quantitative estimate of drug-likeness (QED) is 0.482. The van der Waals surface area contributed by atoms with E-state index in [9.17, 15) is 13.2 Å². The number of benzene rings is 2. The Morgan fingerprint density at radius 3 is 2.50 bits per heavy atom. The molecule has 0 spiro atoms. The molecule has 0 radical (unpaired) electrons. The van der Waals surface area contributed by atoms with E-state index in [1.54, 1.807) is 36.5 Å². The molecule has 1 N–H and O–H groups in total. The molecule has 34 heavy (non-hydrogen) atoms. The SMILES string of the molecule is Cc1cc(Oc2ncc(-c3ccc(C(=O)NS(C)(=O)=O)cc3OC3COC3)cc2Cl)ccc1Cl. The van der Waals surface area contributed by atoms with Crippen molar-refractivity contribution in [1.82, 2.24) is 9.71 Å². The van der Waals surface area contributed by atoms with Gasteiger partial charge in [-0.2, -0.15) is 0 Å². The fourth-order valence-corrected chi connectivity index (χ4v) is 3.91. The third-order valence-corrected chi connectivity index (χ3v) is 6.14. The van der Waals surface area contributed by atoms with Crippen LogP contribution < -0.4 is 14.2 Å². The maximum atomic E-state index is 12.3. The Labute approximate surface area is 206 Å². The Morgan fingerprint density at radius 2 is 1.88 bits per heavy atom. The zero-order valence-electron chi connectivity index (χ0n) is 18.2. The molecule has 1 aliphatic heterocycles. The number of nitrogens with zero attached hydrogens (tertiary/aromatic N) is 1. The summed E-state index contributed by atoms with van der Waals surface area (Å²) in [5.41, 5.74) is 2.22. The maximum Gasteiger partial charge on any atom is 0.264 e. The number of nitrogens with one attached hydrogen (secondary N) is 1. The van der Waals surface area contributed by atoms with Gasteiger partial charge >= 0.3 is 0 Å². The molecule has 4 rings (SSSR count). The highest BCUT2D eigenvalue weighted by Crippen LogP contribution is 2.37. The Balaban J connectivity index is 1.64. The molecule has 3 aromatic rings. The number of hydrogen-bond donors (Lipinski definition) is 1. The number of aromatic nitrogens is 1. The van der Waals surface area contributed by atoms with E-state index in [1.807, 2.05) is 11.6 Å². The number of rotatable bonds is 7. The van der Waals surface area contributed by atoms with Crippen LogP contribution in [0, 0.1) is 6.92 Å². The van der Waals surface area contributed by atoms with Crippen LogP contribution in [0.15, 0.2) is 48.7 Å². The second-order valence-corrected chi connectivity index (χ2v) is 10.3. The largest absolute Gasteiger partial charge is 0.485 e. The van der Waals surface area contributed by atoms with Gasteiger partial charge in [-0.15, -0.1) is 0 Å². The first-order chi connectivity index (χ1) is 16.1. The van der Waals surface area contributed by atoms with Crippen molar-refractivity contribution in [3.05, 3.63) is 69.8 Å². The highest BCUT2D eigenvalue weighted by atomic mass is 35.5. The van der Waals surface area contributed by atoms with Gasteiger partial charge in [0.05, 0.1) is 19.5 Å². The number of pyridine rings is 1. The minimum Gasteiger partial charge on any atom is -0.485 e. The smallest absolute Gasteiger partial charge is 0.264 e. The first-order valence-electron chi connectivity index (χ1n) is 10.1. The Bertz CT molecular complexity index is 1360. The summed E-state index contributed by atoms with van der Waals surface area (Å²) >= 11 is 12.5. The lowest BCUT2D eigenvalue weighted by Crippen LogP contribution is -2.38. The van der Waals surface area contributed by atoms with Gasteiger partial charge in [0.25, 0.3) is 5.91 Å². The maximum absolute atomic E-state index is 12.3. The lowest BCUT2D eigenvalue weighted by Gasteiger charge is -2.28. The predicted molar refractivity (Wildman–Crippen MR) is 128 cm³/mol. The van der Waals surface area contributed by atoms with Gasteiger partial charge in [-0.3, -0.25) is 4.79 Å². The van der Waals surface area contributed by atoms with Crippen LogP contribution >= 0.6 is 23.2 Å². The molecule has 1 fully saturated rings. The van der Waals surface area contributed by atoms with E-state index in [4.69, 9.17) is 37.4 Å². The minimum atomic E-state index is -3.71. The normalized spacial score (nSPS) is 13.8. The average molecular weight is 523 g/mol. The van der Waals surface area contributed by atoms with E-state index < -0.39 is 15.9 Å². The number of halogens is 2. The summed E-state index contributed by atoms with van der Waals surface area (Å²) in [5.74, 6) is 0.363. The molecule has 2 aromatic carbocycles. The van der Waals surface area contributed by atoms with Gasteiger partial charge in [-0.25, -0.2) is 18.1 Å². The standard InChI is InChI=1S/C23H20Cl2N2O6S/c1-13-7-16(4-6-19(13)24)33-23-20(25)8-15(10-26-23)18-5-3-14(22(28)27-34(2,29)30)9-21(18)32-17-11-31-12-17/h3-10,17H,11-12H2,1-2H3,(H,27,28). The van der Waals surface area contributed by atoms with Gasteiger partial charge < -0.3 is 14.2 Å². The third kappa shape index (κ3) is 5.79. The van der Waals surface area contributed by atoms with E-state index >= 15 is 0 Å². The van der Waals surface area contributed by atoms with Crippen LogP contribution in [0.4, 0.5) is 0 Å². The number of aryl methyl sites for hydroxylation is 1. The minimum absolute atomic E-state index is 0.126. The van der Waals surface area contributed by atoms with E-state index in [-0.39, 0.29) is 22.6 Å². The topological polar surface area (TPSA) is 104 Å². The molecule has 0 bridgehead atoms. The highest BCUT2D eigenvalue weighted by Gasteiger charge is 2.23. The van der Waals surface area contributed by atoms with Crippen LogP contribution in [-0.2, 0) is 14.8 Å². The third-order valence-electron chi connectivity index (χ3n) is 4.89. The number of sulfonamides is 1. The first-order valence-corrected chi connectivity index (χ1v) is 12.7. The molecular formula is C23H20Cl2N2O6S. The van der Waals surface area contributed by atoms with Crippen LogP contribution in [-0.4, -0.2) is 44.9 Å². The molecule has 1 aromatic heterocycles. The van der Waals surface area contributed by atoms with Crippen molar-refractivity contribution in [3.63, 3.8) is 0 Å². The summed E-state index contributed by atoms with van der Waals surface area (Å²) in [7, 11) is -3.71. The molecule has 0 saturated carbocycles. The Hall–Kier alpha value is -2.85. The molecule has 1 saturated heterocycles. The molecule has 0 unspecified atom stereocenters. The van der Waals surface area contributed by atoms with E-state index in [0.29, 0.717) is 40.9 Å². The number of ether oxygens (including phenoxy) is 3. The van der Waals surface area contributed by atoms with Crippen molar-refractivity contribution in [2.75, 3.05) is 19.5 Å².